The zero-order valence-corrected chi connectivity index (χ0v) is 21.8. The molecule has 0 radical (unpaired) electrons. The SMILES string of the molecule is O=C(CCCCSc1nnc(-c2ccccc2)n1-c1ccc(Cl)c(Cl)c1)NCCN1CCOCC1. The molecule has 1 N–H and O–H groups in total. The maximum Gasteiger partial charge on any atom is 0.220 e. The molecule has 1 saturated heterocycles. The normalized spacial score (nSPS) is 14.2. The third-order valence-electron chi connectivity index (χ3n) is 5.71. The van der Waals surface area contributed by atoms with Crippen molar-refractivity contribution in [2.24, 2.45) is 0 Å². The van der Waals surface area contributed by atoms with E-state index in [2.05, 4.69) is 20.4 Å². The van der Waals surface area contributed by atoms with Crippen LogP contribution in [0, 0.1) is 0 Å². The number of benzene rings is 2. The Morgan fingerprint density at radius 3 is 2.60 bits per heavy atom. The number of hydrogen-bond donors (Lipinski definition) is 1. The van der Waals surface area contributed by atoms with Crippen molar-refractivity contribution in [2.75, 3.05) is 45.1 Å². The number of carbonyl (C=O) groups is 1. The van der Waals surface area contributed by atoms with E-state index in [9.17, 15) is 4.79 Å². The number of halogens is 2. The molecule has 4 rings (SSSR count). The van der Waals surface area contributed by atoms with Crippen LogP contribution < -0.4 is 5.32 Å². The van der Waals surface area contributed by atoms with E-state index >= 15 is 0 Å². The fraction of sp³-hybridized carbons (Fsp3) is 0.400. The van der Waals surface area contributed by atoms with E-state index in [-0.39, 0.29) is 5.91 Å². The van der Waals surface area contributed by atoms with Crippen molar-refractivity contribution in [1.29, 1.82) is 0 Å². The third kappa shape index (κ3) is 7.44. The summed E-state index contributed by atoms with van der Waals surface area (Å²) in [7, 11) is 0. The Kier molecular flexibility index (Phi) is 9.85. The zero-order chi connectivity index (χ0) is 24.5. The van der Waals surface area contributed by atoms with Gasteiger partial charge in [0.1, 0.15) is 0 Å². The average Bonchev–Trinajstić information content (AvgIpc) is 3.30. The lowest BCUT2D eigenvalue weighted by Crippen LogP contribution is -2.41. The van der Waals surface area contributed by atoms with E-state index in [1.807, 2.05) is 47.0 Å². The Bertz CT molecular complexity index is 1110. The molecular formula is C25H29Cl2N5O2S. The molecule has 0 bridgehead atoms. The molecule has 1 aliphatic rings. The number of unbranched alkanes of at least 4 members (excludes halogenated alkanes) is 1. The Labute approximate surface area is 220 Å². The second-order valence-corrected chi connectivity index (χ2v) is 10.1. The van der Waals surface area contributed by atoms with Gasteiger partial charge < -0.3 is 10.1 Å². The van der Waals surface area contributed by atoms with E-state index < -0.39 is 0 Å². The van der Waals surface area contributed by atoms with Crippen molar-refractivity contribution in [3.63, 3.8) is 0 Å². The summed E-state index contributed by atoms with van der Waals surface area (Å²) in [5.74, 6) is 1.68. The zero-order valence-electron chi connectivity index (χ0n) is 19.5. The van der Waals surface area contributed by atoms with Crippen LogP contribution in [0.4, 0.5) is 0 Å². The second-order valence-electron chi connectivity index (χ2n) is 8.22. The molecule has 7 nitrogen and oxygen atoms in total. The Morgan fingerprint density at radius 2 is 1.83 bits per heavy atom. The highest BCUT2D eigenvalue weighted by atomic mass is 35.5. The van der Waals surface area contributed by atoms with Crippen LogP contribution in [-0.4, -0.2) is 70.7 Å². The first-order valence-electron chi connectivity index (χ1n) is 11.8. The molecule has 1 amide bonds. The molecule has 3 aromatic rings. The standard InChI is InChI=1S/C25H29Cl2N5O2S/c26-21-10-9-20(18-22(21)27)32-24(19-6-2-1-3-7-19)29-30-25(32)35-17-5-4-8-23(33)28-11-12-31-13-15-34-16-14-31/h1-3,6-7,9-10,18H,4-5,8,11-17H2,(H,28,33). The Morgan fingerprint density at radius 1 is 1.03 bits per heavy atom. The van der Waals surface area contributed by atoms with Gasteiger partial charge in [0.25, 0.3) is 0 Å². The van der Waals surface area contributed by atoms with Crippen LogP contribution in [0.15, 0.2) is 53.7 Å². The van der Waals surface area contributed by atoms with Gasteiger partial charge in [0, 0.05) is 43.9 Å². The minimum absolute atomic E-state index is 0.105. The van der Waals surface area contributed by atoms with Crippen LogP contribution >= 0.6 is 35.0 Å². The molecule has 1 aromatic heterocycles. The highest BCUT2D eigenvalue weighted by molar-refractivity contribution is 7.99. The van der Waals surface area contributed by atoms with E-state index in [0.717, 1.165) is 73.7 Å². The average molecular weight is 535 g/mol. The summed E-state index contributed by atoms with van der Waals surface area (Å²) in [5.41, 5.74) is 1.82. The highest BCUT2D eigenvalue weighted by Crippen LogP contribution is 2.31. The summed E-state index contributed by atoms with van der Waals surface area (Å²) >= 11 is 14.1. The van der Waals surface area contributed by atoms with Gasteiger partial charge in [-0.1, -0.05) is 65.3 Å². The van der Waals surface area contributed by atoms with Gasteiger partial charge in [-0.15, -0.1) is 10.2 Å². The number of amides is 1. The summed E-state index contributed by atoms with van der Waals surface area (Å²) in [6.45, 7) is 4.98. The van der Waals surface area contributed by atoms with Gasteiger partial charge in [-0.2, -0.15) is 0 Å². The first-order chi connectivity index (χ1) is 17.1. The van der Waals surface area contributed by atoms with Crippen LogP contribution in [-0.2, 0) is 9.53 Å². The Balaban J connectivity index is 1.30. The predicted molar refractivity (Wildman–Crippen MR) is 142 cm³/mol. The number of nitrogens with zero attached hydrogens (tertiary/aromatic N) is 4. The number of thioether (sulfide) groups is 1. The third-order valence-corrected chi connectivity index (χ3v) is 7.46. The number of ether oxygens (including phenoxy) is 1. The number of nitrogens with one attached hydrogen (secondary N) is 1. The quantitative estimate of drug-likeness (QED) is 0.277. The molecule has 0 aliphatic carbocycles. The van der Waals surface area contributed by atoms with Crippen LogP contribution in [0.2, 0.25) is 10.0 Å². The van der Waals surface area contributed by atoms with Crippen LogP contribution in [0.5, 0.6) is 0 Å². The van der Waals surface area contributed by atoms with Crippen molar-refractivity contribution in [3.05, 3.63) is 58.6 Å². The predicted octanol–water partition coefficient (Wildman–Crippen LogP) is 4.95. The summed E-state index contributed by atoms with van der Waals surface area (Å²) in [6, 6.07) is 15.4. The van der Waals surface area contributed by atoms with E-state index in [4.69, 9.17) is 27.9 Å². The molecule has 10 heteroatoms. The lowest BCUT2D eigenvalue weighted by molar-refractivity contribution is -0.121. The largest absolute Gasteiger partial charge is 0.379 e. The summed E-state index contributed by atoms with van der Waals surface area (Å²) in [5, 5.41) is 13.7. The van der Waals surface area contributed by atoms with Crippen molar-refractivity contribution in [3.8, 4) is 17.1 Å². The van der Waals surface area contributed by atoms with Gasteiger partial charge in [0.2, 0.25) is 5.91 Å². The minimum Gasteiger partial charge on any atom is -0.379 e. The number of hydrogen-bond acceptors (Lipinski definition) is 6. The minimum atomic E-state index is 0.105. The second kappa shape index (κ2) is 13.3. The molecule has 0 spiro atoms. The summed E-state index contributed by atoms with van der Waals surface area (Å²) < 4.78 is 7.35. The lowest BCUT2D eigenvalue weighted by Gasteiger charge is -2.26. The number of aromatic nitrogens is 3. The van der Waals surface area contributed by atoms with Crippen LogP contribution in [0.1, 0.15) is 19.3 Å². The topological polar surface area (TPSA) is 72.3 Å². The van der Waals surface area contributed by atoms with Gasteiger partial charge >= 0.3 is 0 Å². The van der Waals surface area contributed by atoms with E-state index in [0.29, 0.717) is 23.0 Å². The molecule has 186 valence electrons. The molecular weight excluding hydrogens is 505 g/mol. The fourth-order valence-electron chi connectivity index (χ4n) is 3.81. The van der Waals surface area contributed by atoms with Gasteiger partial charge in [-0.25, -0.2) is 0 Å². The maximum absolute atomic E-state index is 12.2. The smallest absolute Gasteiger partial charge is 0.220 e. The van der Waals surface area contributed by atoms with Crippen molar-refractivity contribution >= 4 is 40.9 Å². The number of rotatable bonds is 11. The van der Waals surface area contributed by atoms with Gasteiger partial charge in [-0.05, 0) is 31.0 Å². The van der Waals surface area contributed by atoms with Gasteiger partial charge in [-0.3, -0.25) is 14.3 Å². The molecule has 2 aromatic carbocycles. The molecule has 0 unspecified atom stereocenters. The van der Waals surface area contributed by atoms with Gasteiger partial charge in [0.05, 0.1) is 28.9 Å². The molecule has 1 aliphatic heterocycles. The first kappa shape index (κ1) is 26.0. The van der Waals surface area contributed by atoms with Crippen molar-refractivity contribution in [1.82, 2.24) is 25.0 Å². The summed E-state index contributed by atoms with van der Waals surface area (Å²) in [4.78, 5) is 14.5. The monoisotopic (exact) mass is 533 g/mol. The maximum atomic E-state index is 12.2. The first-order valence-corrected chi connectivity index (χ1v) is 13.5. The Hall–Kier alpha value is -2.10. The van der Waals surface area contributed by atoms with E-state index in [1.165, 1.54) is 0 Å². The fourth-order valence-corrected chi connectivity index (χ4v) is 5.06. The lowest BCUT2D eigenvalue weighted by atomic mass is 10.2. The molecule has 2 heterocycles. The number of morpholine rings is 1. The highest BCUT2D eigenvalue weighted by Gasteiger charge is 2.17. The molecule has 0 atom stereocenters. The van der Waals surface area contributed by atoms with Gasteiger partial charge in [0.15, 0.2) is 11.0 Å². The van der Waals surface area contributed by atoms with Crippen LogP contribution in [0.25, 0.3) is 17.1 Å². The van der Waals surface area contributed by atoms with Crippen LogP contribution in [0.3, 0.4) is 0 Å². The van der Waals surface area contributed by atoms with Crippen molar-refractivity contribution in [2.45, 2.75) is 24.4 Å². The molecule has 0 saturated carbocycles. The number of carbonyl (C=O) groups excluding carboxylic acids is 1. The summed E-state index contributed by atoms with van der Waals surface area (Å²) in [6.07, 6.45) is 2.25. The van der Waals surface area contributed by atoms with E-state index in [1.54, 1.807) is 17.8 Å². The van der Waals surface area contributed by atoms with Crippen molar-refractivity contribution < 1.29 is 9.53 Å². The molecule has 35 heavy (non-hydrogen) atoms. The molecule has 1 fully saturated rings.